The van der Waals surface area contributed by atoms with Crippen molar-refractivity contribution < 1.29 is 4.74 Å². The SMILES string of the molecule is CCOC(C)(C)c1nc(C)c(C(C)N)s1. The number of aryl methyl sites for hydroxylation is 1. The Bertz CT molecular complexity index is 331. The summed E-state index contributed by atoms with van der Waals surface area (Å²) in [7, 11) is 0. The Morgan fingerprint density at radius 1 is 1.53 bits per heavy atom. The van der Waals surface area contributed by atoms with Crippen LogP contribution in [-0.2, 0) is 10.3 Å². The molecule has 0 fully saturated rings. The molecule has 0 aliphatic rings. The molecule has 0 bridgehead atoms. The van der Waals surface area contributed by atoms with Crippen molar-refractivity contribution >= 4 is 11.3 Å². The zero-order valence-corrected chi connectivity index (χ0v) is 10.9. The second kappa shape index (κ2) is 4.60. The fourth-order valence-corrected chi connectivity index (χ4v) is 2.59. The normalized spacial score (nSPS) is 14.3. The molecule has 0 amide bonds. The van der Waals surface area contributed by atoms with Gasteiger partial charge >= 0.3 is 0 Å². The number of nitrogens with two attached hydrogens (primary N) is 1. The molecule has 3 nitrogen and oxygen atoms in total. The Morgan fingerprint density at radius 2 is 2.13 bits per heavy atom. The Labute approximate surface area is 95.7 Å². The number of aromatic nitrogens is 1. The van der Waals surface area contributed by atoms with Crippen LogP contribution in [0.4, 0.5) is 0 Å². The van der Waals surface area contributed by atoms with Crippen LogP contribution in [0, 0.1) is 6.92 Å². The van der Waals surface area contributed by atoms with Gasteiger partial charge in [-0.25, -0.2) is 4.98 Å². The van der Waals surface area contributed by atoms with E-state index in [0.29, 0.717) is 6.61 Å². The molecule has 0 aliphatic carbocycles. The maximum atomic E-state index is 5.87. The summed E-state index contributed by atoms with van der Waals surface area (Å²) in [5.41, 5.74) is 6.59. The Balaban J connectivity index is 3.01. The van der Waals surface area contributed by atoms with Crippen molar-refractivity contribution in [2.24, 2.45) is 5.73 Å². The molecule has 0 radical (unpaired) electrons. The second-order valence-corrected chi connectivity index (χ2v) is 5.23. The van der Waals surface area contributed by atoms with E-state index in [9.17, 15) is 0 Å². The third kappa shape index (κ3) is 2.77. The number of hydrogen-bond acceptors (Lipinski definition) is 4. The molecule has 86 valence electrons. The van der Waals surface area contributed by atoms with Crippen LogP contribution in [0.1, 0.15) is 49.3 Å². The minimum Gasteiger partial charge on any atom is -0.369 e. The van der Waals surface area contributed by atoms with Crippen LogP contribution in [0.15, 0.2) is 0 Å². The minimum atomic E-state index is -0.308. The lowest BCUT2D eigenvalue weighted by atomic mass is 10.1. The molecule has 0 aliphatic heterocycles. The first-order valence-electron chi connectivity index (χ1n) is 5.25. The predicted molar refractivity (Wildman–Crippen MR) is 64.1 cm³/mol. The van der Waals surface area contributed by atoms with Crippen LogP contribution in [0.25, 0.3) is 0 Å². The van der Waals surface area contributed by atoms with Gasteiger partial charge in [-0.05, 0) is 34.6 Å². The first-order chi connectivity index (χ1) is 6.88. The molecule has 4 heteroatoms. The van der Waals surface area contributed by atoms with E-state index >= 15 is 0 Å². The van der Waals surface area contributed by atoms with Crippen molar-refractivity contribution in [1.82, 2.24) is 4.98 Å². The Hall–Kier alpha value is -0.450. The molecular formula is C11H20N2OS. The summed E-state index contributed by atoms with van der Waals surface area (Å²) in [6, 6.07) is 0.0497. The third-order valence-electron chi connectivity index (χ3n) is 2.27. The molecular weight excluding hydrogens is 208 g/mol. The molecule has 1 atom stereocenters. The van der Waals surface area contributed by atoms with Gasteiger partial charge in [0.1, 0.15) is 10.6 Å². The lowest BCUT2D eigenvalue weighted by Crippen LogP contribution is -2.21. The molecule has 0 aromatic carbocycles. The zero-order chi connectivity index (χ0) is 11.6. The summed E-state index contributed by atoms with van der Waals surface area (Å²) in [6.07, 6.45) is 0. The summed E-state index contributed by atoms with van der Waals surface area (Å²) in [5.74, 6) is 0. The lowest BCUT2D eigenvalue weighted by Gasteiger charge is -2.21. The lowest BCUT2D eigenvalue weighted by molar-refractivity contribution is -0.0142. The van der Waals surface area contributed by atoms with E-state index in [1.165, 1.54) is 0 Å². The smallest absolute Gasteiger partial charge is 0.125 e. The molecule has 0 saturated heterocycles. The van der Waals surface area contributed by atoms with Gasteiger partial charge in [0.25, 0.3) is 0 Å². The van der Waals surface area contributed by atoms with E-state index in [4.69, 9.17) is 10.5 Å². The van der Waals surface area contributed by atoms with E-state index in [1.54, 1.807) is 11.3 Å². The highest BCUT2D eigenvalue weighted by Crippen LogP contribution is 2.32. The van der Waals surface area contributed by atoms with Crippen LogP contribution in [-0.4, -0.2) is 11.6 Å². The fourth-order valence-electron chi connectivity index (χ4n) is 1.51. The maximum absolute atomic E-state index is 5.87. The zero-order valence-electron chi connectivity index (χ0n) is 10.1. The monoisotopic (exact) mass is 228 g/mol. The Morgan fingerprint density at radius 3 is 2.53 bits per heavy atom. The molecule has 1 rings (SSSR count). The van der Waals surface area contributed by atoms with Gasteiger partial charge in [-0.3, -0.25) is 0 Å². The summed E-state index contributed by atoms with van der Waals surface area (Å²) in [5, 5.41) is 1.01. The van der Waals surface area contributed by atoms with Crippen LogP contribution < -0.4 is 5.73 Å². The molecule has 0 saturated carbocycles. The number of rotatable bonds is 4. The van der Waals surface area contributed by atoms with Gasteiger partial charge in [-0.15, -0.1) is 11.3 Å². The number of ether oxygens (including phenoxy) is 1. The van der Waals surface area contributed by atoms with E-state index in [2.05, 4.69) is 4.98 Å². The molecule has 1 unspecified atom stereocenters. The van der Waals surface area contributed by atoms with Gasteiger partial charge in [0.05, 0.1) is 5.69 Å². The standard InChI is InChI=1S/C11H20N2OS/c1-6-14-11(4,5)10-13-8(3)9(15-10)7(2)12/h7H,6,12H2,1-5H3. The topological polar surface area (TPSA) is 48.1 Å². The van der Waals surface area contributed by atoms with Gasteiger partial charge in [-0.2, -0.15) is 0 Å². The van der Waals surface area contributed by atoms with Crippen molar-refractivity contribution in [1.29, 1.82) is 0 Å². The van der Waals surface area contributed by atoms with Crippen molar-refractivity contribution in [2.45, 2.75) is 46.3 Å². The third-order valence-corrected chi connectivity index (χ3v) is 3.93. The van der Waals surface area contributed by atoms with Crippen LogP contribution in [0.3, 0.4) is 0 Å². The maximum Gasteiger partial charge on any atom is 0.125 e. The summed E-state index contributed by atoms with van der Waals surface area (Å²) in [6.45, 7) is 10.8. The fraction of sp³-hybridized carbons (Fsp3) is 0.727. The average Bonchev–Trinajstić information content (AvgIpc) is 2.47. The highest BCUT2D eigenvalue weighted by molar-refractivity contribution is 7.12. The molecule has 1 heterocycles. The minimum absolute atomic E-state index is 0.0497. The number of nitrogens with zero attached hydrogens (tertiary/aromatic N) is 1. The van der Waals surface area contributed by atoms with Gasteiger partial charge in [-0.1, -0.05) is 0 Å². The first-order valence-corrected chi connectivity index (χ1v) is 6.07. The molecule has 1 aromatic rings. The van der Waals surface area contributed by atoms with Gasteiger partial charge in [0, 0.05) is 17.5 Å². The molecule has 2 N–H and O–H groups in total. The van der Waals surface area contributed by atoms with E-state index in [-0.39, 0.29) is 11.6 Å². The van der Waals surface area contributed by atoms with E-state index in [0.717, 1.165) is 15.6 Å². The van der Waals surface area contributed by atoms with Gasteiger partial charge in [0.2, 0.25) is 0 Å². The van der Waals surface area contributed by atoms with Gasteiger partial charge in [0.15, 0.2) is 0 Å². The van der Waals surface area contributed by atoms with Crippen molar-refractivity contribution in [3.8, 4) is 0 Å². The molecule has 15 heavy (non-hydrogen) atoms. The van der Waals surface area contributed by atoms with Crippen molar-refractivity contribution in [3.05, 3.63) is 15.6 Å². The largest absolute Gasteiger partial charge is 0.369 e. The number of hydrogen-bond donors (Lipinski definition) is 1. The van der Waals surface area contributed by atoms with Crippen LogP contribution in [0.5, 0.6) is 0 Å². The first kappa shape index (κ1) is 12.6. The van der Waals surface area contributed by atoms with Crippen molar-refractivity contribution in [3.63, 3.8) is 0 Å². The molecule has 0 spiro atoms. The summed E-state index contributed by atoms with van der Waals surface area (Å²) >= 11 is 1.65. The number of thiazole rings is 1. The summed E-state index contributed by atoms with van der Waals surface area (Å²) < 4.78 is 5.67. The van der Waals surface area contributed by atoms with Crippen LogP contribution in [0.2, 0.25) is 0 Å². The van der Waals surface area contributed by atoms with Crippen LogP contribution >= 0.6 is 11.3 Å². The van der Waals surface area contributed by atoms with Gasteiger partial charge < -0.3 is 10.5 Å². The van der Waals surface area contributed by atoms with E-state index < -0.39 is 0 Å². The van der Waals surface area contributed by atoms with E-state index in [1.807, 2.05) is 34.6 Å². The van der Waals surface area contributed by atoms with Crippen molar-refractivity contribution in [2.75, 3.05) is 6.61 Å². The second-order valence-electron chi connectivity index (χ2n) is 4.20. The summed E-state index contributed by atoms with van der Waals surface area (Å²) in [4.78, 5) is 5.69. The predicted octanol–water partition coefficient (Wildman–Crippen LogP) is 2.74. The highest BCUT2D eigenvalue weighted by Gasteiger charge is 2.26. The highest BCUT2D eigenvalue weighted by atomic mass is 32.1. The Kier molecular flexibility index (Phi) is 3.87. The molecule has 1 aromatic heterocycles. The average molecular weight is 228 g/mol. The quantitative estimate of drug-likeness (QED) is 0.862.